The van der Waals surface area contributed by atoms with Gasteiger partial charge in [0.1, 0.15) is 0 Å². The molecule has 1 fully saturated rings. The maximum absolute atomic E-state index is 6.15. The van der Waals surface area contributed by atoms with Crippen LogP contribution < -0.4 is 5.32 Å². The van der Waals surface area contributed by atoms with E-state index in [4.69, 9.17) is 11.6 Å². The molecule has 0 aromatic rings. The van der Waals surface area contributed by atoms with Crippen molar-refractivity contribution in [3.63, 3.8) is 0 Å². The average molecular weight is 236 g/mol. The Kier molecular flexibility index (Phi) is 5.09. The quantitative estimate of drug-likeness (QED) is 0.561. The molecule has 0 aromatic heterocycles. The van der Waals surface area contributed by atoms with Crippen LogP contribution in [0.5, 0.6) is 0 Å². The summed E-state index contributed by atoms with van der Waals surface area (Å²) >= 11 is 8.17. The number of rotatable bonds is 6. The summed E-state index contributed by atoms with van der Waals surface area (Å²) in [7, 11) is 0. The highest BCUT2D eigenvalue weighted by molar-refractivity contribution is 7.99. The van der Waals surface area contributed by atoms with Crippen molar-refractivity contribution in [3.05, 3.63) is 0 Å². The maximum atomic E-state index is 6.15. The lowest BCUT2D eigenvalue weighted by Gasteiger charge is -2.49. The van der Waals surface area contributed by atoms with E-state index in [-0.39, 0.29) is 0 Å². The fourth-order valence-corrected chi connectivity index (χ4v) is 2.78. The van der Waals surface area contributed by atoms with Gasteiger partial charge in [0, 0.05) is 11.4 Å². The molecule has 0 bridgehead atoms. The molecule has 0 radical (unpaired) electrons. The van der Waals surface area contributed by atoms with Crippen LogP contribution in [0.15, 0.2) is 0 Å². The van der Waals surface area contributed by atoms with Gasteiger partial charge in [-0.1, -0.05) is 20.8 Å². The molecule has 3 heteroatoms. The first kappa shape index (κ1) is 12.7. The Hall–Kier alpha value is 0.600. The van der Waals surface area contributed by atoms with Crippen LogP contribution in [0.4, 0.5) is 0 Å². The van der Waals surface area contributed by atoms with Crippen molar-refractivity contribution in [2.45, 2.75) is 45.0 Å². The first-order valence-corrected chi connectivity index (χ1v) is 7.13. The number of thioether (sulfide) groups is 1. The van der Waals surface area contributed by atoms with E-state index < -0.39 is 0 Å². The molecule has 0 aliphatic heterocycles. The van der Waals surface area contributed by atoms with Gasteiger partial charge in [-0.2, -0.15) is 11.8 Å². The normalized spacial score (nSPS) is 30.0. The molecule has 1 saturated carbocycles. The van der Waals surface area contributed by atoms with Crippen molar-refractivity contribution < 1.29 is 0 Å². The zero-order chi connectivity index (χ0) is 10.6. The SMILES string of the molecule is CCSCCCNC1CC(Cl)C1(C)C. The molecule has 2 unspecified atom stereocenters. The van der Waals surface area contributed by atoms with Crippen molar-refractivity contribution in [3.8, 4) is 0 Å². The van der Waals surface area contributed by atoms with Gasteiger partial charge in [0.15, 0.2) is 0 Å². The number of hydrogen-bond donors (Lipinski definition) is 1. The second-order valence-electron chi connectivity index (χ2n) is 4.58. The van der Waals surface area contributed by atoms with E-state index in [0.29, 0.717) is 16.8 Å². The minimum atomic E-state index is 0.291. The Morgan fingerprint density at radius 3 is 2.71 bits per heavy atom. The predicted octanol–water partition coefficient (Wildman–Crippen LogP) is 3.13. The zero-order valence-electron chi connectivity index (χ0n) is 9.48. The Balaban J connectivity index is 2.03. The van der Waals surface area contributed by atoms with E-state index in [1.54, 1.807) is 0 Å². The minimum Gasteiger partial charge on any atom is -0.313 e. The van der Waals surface area contributed by atoms with Crippen LogP contribution in [-0.4, -0.2) is 29.5 Å². The van der Waals surface area contributed by atoms with Crippen LogP contribution in [0.3, 0.4) is 0 Å². The van der Waals surface area contributed by atoms with Crippen LogP contribution >= 0.6 is 23.4 Å². The van der Waals surface area contributed by atoms with E-state index in [2.05, 4.69) is 26.1 Å². The molecule has 14 heavy (non-hydrogen) atoms. The van der Waals surface area contributed by atoms with Crippen LogP contribution in [0, 0.1) is 5.41 Å². The molecule has 0 amide bonds. The van der Waals surface area contributed by atoms with Crippen molar-refractivity contribution in [2.75, 3.05) is 18.1 Å². The molecule has 0 saturated heterocycles. The molecule has 1 N–H and O–H groups in total. The van der Waals surface area contributed by atoms with Crippen molar-refractivity contribution in [2.24, 2.45) is 5.41 Å². The fraction of sp³-hybridized carbons (Fsp3) is 1.00. The summed E-state index contributed by atoms with van der Waals surface area (Å²) in [6.45, 7) is 7.87. The fourth-order valence-electron chi connectivity index (χ4n) is 1.81. The molecule has 1 aliphatic carbocycles. The van der Waals surface area contributed by atoms with Gasteiger partial charge in [-0.3, -0.25) is 0 Å². The average Bonchev–Trinajstić information content (AvgIpc) is 2.16. The summed E-state index contributed by atoms with van der Waals surface area (Å²) in [6.07, 6.45) is 2.41. The second-order valence-corrected chi connectivity index (χ2v) is 6.50. The lowest BCUT2D eigenvalue weighted by atomic mass is 9.67. The first-order valence-electron chi connectivity index (χ1n) is 5.54. The van der Waals surface area contributed by atoms with E-state index in [0.717, 1.165) is 13.0 Å². The van der Waals surface area contributed by atoms with Gasteiger partial charge in [0.05, 0.1) is 0 Å². The first-order chi connectivity index (χ1) is 6.59. The molecule has 1 nitrogen and oxygen atoms in total. The summed E-state index contributed by atoms with van der Waals surface area (Å²) in [5.41, 5.74) is 0.291. The third-order valence-electron chi connectivity index (χ3n) is 3.21. The third-order valence-corrected chi connectivity index (χ3v) is 4.93. The van der Waals surface area contributed by atoms with E-state index >= 15 is 0 Å². The zero-order valence-corrected chi connectivity index (χ0v) is 11.0. The molecule has 1 rings (SSSR count). The monoisotopic (exact) mass is 235 g/mol. The molecular weight excluding hydrogens is 214 g/mol. The van der Waals surface area contributed by atoms with Crippen molar-refractivity contribution >= 4 is 23.4 Å². The summed E-state index contributed by atoms with van der Waals surface area (Å²) in [5, 5.41) is 3.97. The second kappa shape index (κ2) is 5.62. The predicted molar refractivity (Wildman–Crippen MR) is 67.4 cm³/mol. The van der Waals surface area contributed by atoms with Gasteiger partial charge >= 0.3 is 0 Å². The van der Waals surface area contributed by atoms with E-state index in [1.807, 2.05) is 11.8 Å². The van der Waals surface area contributed by atoms with Gasteiger partial charge in [-0.05, 0) is 36.3 Å². The standard InChI is InChI=1S/C11H22ClNS/c1-4-14-7-5-6-13-10-8-9(12)11(10,2)3/h9-10,13H,4-8H2,1-3H3. The summed E-state index contributed by atoms with van der Waals surface area (Å²) < 4.78 is 0. The lowest BCUT2D eigenvalue weighted by molar-refractivity contribution is 0.117. The van der Waals surface area contributed by atoms with Crippen LogP contribution in [0.1, 0.15) is 33.6 Å². The maximum Gasteiger partial charge on any atom is 0.0416 e. The summed E-state index contributed by atoms with van der Waals surface area (Å²) in [6, 6.07) is 0.636. The van der Waals surface area contributed by atoms with E-state index in [9.17, 15) is 0 Å². The smallest absolute Gasteiger partial charge is 0.0416 e. The number of nitrogens with one attached hydrogen (secondary N) is 1. The number of alkyl halides is 1. The topological polar surface area (TPSA) is 12.0 Å². The van der Waals surface area contributed by atoms with Crippen LogP contribution in [0.2, 0.25) is 0 Å². The highest BCUT2D eigenvalue weighted by Crippen LogP contribution is 2.44. The molecule has 2 atom stereocenters. The Bertz CT molecular complexity index is 173. The van der Waals surface area contributed by atoms with Crippen LogP contribution in [0.25, 0.3) is 0 Å². The Morgan fingerprint density at radius 2 is 2.21 bits per heavy atom. The van der Waals surface area contributed by atoms with Crippen molar-refractivity contribution in [1.29, 1.82) is 0 Å². The number of halogens is 1. The highest BCUT2D eigenvalue weighted by Gasteiger charge is 2.46. The molecular formula is C11H22ClNS. The Labute approximate surface area is 97.4 Å². The molecule has 0 heterocycles. The molecule has 0 spiro atoms. The summed E-state index contributed by atoms with van der Waals surface area (Å²) in [4.78, 5) is 0. The van der Waals surface area contributed by atoms with Gasteiger partial charge in [0.2, 0.25) is 0 Å². The number of hydrogen-bond acceptors (Lipinski definition) is 2. The highest BCUT2D eigenvalue weighted by atomic mass is 35.5. The van der Waals surface area contributed by atoms with E-state index in [1.165, 1.54) is 17.9 Å². The van der Waals surface area contributed by atoms with Gasteiger partial charge in [0.25, 0.3) is 0 Å². The van der Waals surface area contributed by atoms with Gasteiger partial charge in [-0.15, -0.1) is 11.6 Å². The molecule has 84 valence electrons. The van der Waals surface area contributed by atoms with Crippen molar-refractivity contribution in [1.82, 2.24) is 5.32 Å². The Morgan fingerprint density at radius 1 is 1.50 bits per heavy atom. The lowest BCUT2D eigenvalue weighted by Crippen LogP contribution is -2.58. The minimum absolute atomic E-state index is 0.291. The molecule has 1 aliphatic rings. The largest absolute Gasteiger partial charge is 0.313 e. The molecule has 0 aromatic carbocycles. The summed E-state index contributed by atoms with van der Waals surface area (Å²) in [5.74, 6) is 2.51. The van der Waals surface area contributed by atoms with Gasteiger partial charge in [-0.25, -0.2) is 0 Å². The van der Waals surface area contributed by atoms with Crippen LogP contribution in [-0.2, 0) is 0 Å². The van der Waals surface area contributed by atoms with Gasteiger partial charge < -0.3 is 5.32 Å². The third kappa shape index (κ3) is 3.04.